The van der Waals surface area contributed by atoms with E-state index in [4.69, 9.17) is 9.47 Å². The quantitative estimate of drug-likeness (QED) is 0.712. The van der Waals surface area contributed by atoms with Crippen LogP contribution in [0.25, 0.3) is 10.8 Å². The molecule has 2 heterocycles. The van der Waals surface area contributed by atoms with Crippen molar-refractivity contribution in [2.45, 2.75) is 25.4 Å². The predicted octanol–water partition coefficient (Wildman–Crippen LogP) is 3.71. The second kappa shape index (κ2) is 6.82. The van der Waals surface area contributed by atoms with Gasteiger partial charge in [-0.25, -0.2) is 9.97 Å². The zero-order valence-electron chi connectivity index (χ0n) is 15.5. The lowest BCUT2D eigenvalue weighted by Gasteiger charge is -2.35. The molecule has 1 aromatic heterocycles. The van der Waals surface area contributed by atoms with Crippen LogP contribution in [0.1, 0.15) is 29.3 Å². The van der Waals surface area contributed by atoms with Crippen molar-refractivity contribution in [1.82, 2.24) is 9.97 Å². The maximum absolute atomic E-state index is 6.12. The number of hydrogen-bond donors (Lipinski definition) is 0. The average Bonchev–Trinajstić information content (AvgIpc) is 3.22. The predicted molar refractivity (Wildman–Crippen MR) is 105 cm³/mol. The van der Waals surface area contributed by atoms with Gasteiger partial charge in [-0.3, -0.25) is 0 Å². The van der Waals surface area contributed by atoms with Gasteiger partial charge in [0.15, 0.2) is 0 Å². The number of aryl methyl sites for hydroxylation is 1. The summed E-state index contributed by atoms with van der Waals surface area (Å²) in [4.78, 5) is 11.5. The summed E-state index contributed by atoms with van der Waals surface area (Å²) in [7, 11) is 1.70. The Morgan fingerprint density at radius 3 is 2.89 bits per heavy atom. The Bertz CT molecular complexity index is 988. The van der Waals surface area contributed by atoms with E-state index in [9.17, 15) is 0 Å². The molecule has 1 fully saturated rings. The molecule has 1 atom stereocenters. The number of fused-ring (bicyclic) bond motifs is 2. The number of morpholine rings is 1. The van der Waals surface area contributed by atoms with E-state index in [-0.39, 0.29) is 6.10 Å². The number of nitrogens with zero attached hydrogens (tertiary/aromatic N) is 3. The van der Waals surface area contributed by atoms with Crippen molar-refractivity contribution in [1.29, 1.82) is 0 Å². The minimum absolute atomic E-state index is 0.0530. The summed E-state index contributed by atoms with van der Waals surface area (Å²) in [6.45, 7) is 2.42. The van der Waals surface area contributed by atoms with Gasteiger partial charge in [0, 0.05) is 24.3 Å². The summed E-state index contributed by atoms with van der Waals surface area (Å²) >= 11 is 0. The van der Waals surface area contributed by atoms with Gasteiger partial charge in [0.25, 0.3) is 0 Å². The van der Waals surface area contributed by atoms with E-state index in [1.54, 1.807) is 13.4 Å². The summed E-state index contributed by atoms with van der Waals surface area (Å²) in [6.07, 6.45) is 5.12. The van der Waals surface area contributed by atoms with Crippen molar-refractivity contribution in [3.8, 4) is 5.75 Å². The molecular formula is C22H23N3O2. The summed E-state index contributed by atoms with van der Waals surface area (Å²) in [5.41, 5.74) is 3.77. The maximum atomic E-state index is 6.12. The highest BCUT2D eigenvalue weighted by Gasteiger charge is 2.27. The monoisotopic (exact) mass is 361 g/mol. The number of hydrogen-bond acceptors (Lipinski definition) is 5. The minimum Gasteiger partial charge on any atom is -0.497 e. The van der Waals surface area contributed by atoms with Gasteiger partial charge in [0.1, 0.15) is 24.0 Å². The lowest BCUT2D eigenvalue weighted by atomic mass is 10.0. The lowest BCUT2D eigenvalue weighted by molar-refractivity contribution is 0.0395. The van der Waals surface area contributed by atoms with Crippen LogP contribution in [-0.2, 0) is 17.6 Å². The standard InChI is InChI=1S/C22H23N3O2/c1-26-18-8-7-15-11-17(6-5-16(15)12-18)21-13-25(9-10-27-21)22-19-3-2-4-20(19)23-14-24-22/h5-8,11-12,14,21H,2-4,9-10,13H2,1H3/t21-/m0/s1. The maximum Gasteiger partial charge on any atom is 0.135 e. The van der Waals surface area contributed by atoms with E-state index in [0.29, 0.717) is 6.61 Å². The molecule has 1 aliphatic heterocycles. The van der Waals surface area contributed by atoms with Crippen LogP contribution in [0.3, 0.4) is 0 Å². The van der Waals surface area contributed by atoms with Gasteiger partial charge >= 0.3 is 0 Å². The summed E-state index contributed by atoms with van der Waals surface area (Å²) < 4.78 is 11.4. The molecular weight excluding hydrogens is 338 g/mol. The van der Waals surface area contributed by atoms with E-state index in [2.05, 4.69) is 45.2 Å². The number of benzene rings is 2. The smallest absolute Gasteiger partial charge is 0.135 e. The molecule has 3 aromatic rings. The highest BCUT2D eigenvalue weighted by molar-refractivity contribution is 5.84. The second-order valence-electron chi connectivity index (χ2n) is 7.25. The fourth-order valence-electron chi connectivity index (χ4n) is 4.23. The Morgan fingerprint density at radius 2 is 1.96 bits per heavy atom. The first kappa shape index (κ1) is 16.5. The summed E-state index contributed by atoms with van der Waals surface area (Å²) in [5.74, 6) is 1.99. The molecule has 1 aliphatic carbocycles. The van der Waals surface area contributed by atoms with Gasteiger partial charge in [-0.1, -0.05) is 18.2 Å². The van der Waals surface area contributed by atoms with Crippen molar-refractivity contribution in [2.75, 3.05) is 31.7 Å². The zero-order chi connectivity index (χ0) is 18.2. The molecule has 27 heavy (non-hydrogen) atoms. The molecule has 0 bridgehead atoms. The van der Waals surface area contributed by atoms with Crippen molar-refractivity contribution in [3.05, 3.63) is 59.5 Å². The summed E-state index contributed by atoms with van der Waals surface area (Å²) in [6, 6.07) is 12.7. The highest BCUT2D eigenvalue weighted by atomic mass is 16.5. The van der Waals surface area contributed by atoms with Crippen LogP contribution in [0.4, 0.5) is 5.82 Å². The van der Waals surface area contributed by atoms with E-state index in [1.165, 1.54) is 34.0 Å². The van der Waals surface area contributed by atoms with Gasteiger partial charge in [0.2, 0.25) is 0 Å². The van der Waals surface area contributed by atoms with Crippen LogP contribution in [0.15, 0.2) is 42.7 Å². The average molecular weight is 361 g/mol. The Morgan fingerprint density at radius 1 is 1.07 bits per heavy atom. The molecule has 0 N–H and O–H groups in total. The summed E-state index contributed by atoms with van der Waals surface area (Å²) in [5, 5.41) is 2.39. The van der Waals surface area contributed by atoms with Crippen LogP contribution < -0.4 is 9.64 Å². The SMILES string of the molecule is COc1ccc2cc([C@@H]3CN(c4ncnc5c4CCC5)CCO3)ccc2c1. The van der Waals surface area contributed by atoms with Crippen LogP contribution in [0, 0.1) is 0 Å². The molecule has 5 nitrogen and oxygen atoms in total. The third-order valence-corrected chi connectivity index (χ3v) is 5.66. The normalized spacial score (nSPS) is 19.3. The fraction of sp³-hybridized carbons (Fsp3) is 0.364. The number of rotatable bonds is 3. The molecule has 2 aromatic carbocycles. The molecule has 2 aliphatic rings. The largest absolute Gasteiger partial charge is 0.497 e. The topological polar surface area (TPSA) is 47.5 Å². The Balaban J connectivity index is 1.43. The van der Waals surface area contributed by atoms with Crippen LogP contribution in [0.2, 0.25) is 0 Å². The highest BCUT2D eigenvalue weighted by Crippen LogP contribution is 2.32. The van der Waals surface area contributed by atoms with Crippen molar-refractivity contribution < 1.29 is 9.47 Å². The zero-order valence-corrected chi connectivity index (χ0v) is 15.5. The lowest BCUT2D eigenvalue weighted by Crippen LogP contribution is -2.39. The molecule has 1 saturated heterocycles. The van der Waals surface area contributed by atoms with E-state index >= 15 is 0 Å². The van der Waals surface area contributed by atoms with E-state index < -0.39 is 0 Å². The van der Waals surface area contributed by atoms with Crippen LogP contribution in [-0.4, -0.2) is 36.8 Å². The number of aromatic nitrogens is 2. The van der Waals surface area contributed by atoms with Gasteiger partial charge in [0.05, 0.1) is 13.7 Å². The Labute approximate surface area is 159 Å². The van der Waals surface area contributed by atoms with E-state index in [0.717, 1.165) is 37.5 Å². The third-order valence-electron chi connectivity index (χ3n) is 5.66. The second-order valence-corrected chi connectivity index (χ2v) is 7.25. The van der Waals surface area contributed by atoms with Crippen LogP contribution in [0.5, 0.6) is 5.75 Å². The molecule has 5 heteroatoms. The molecule has 5 rings (SSSR count). The molecule has 0 unspecified atom stereocenters. The molecule has 0 saturated carbocycles. The van der Waals surface area contributed by atoms with Crippen molar-refractivity contribution in [2.24, 2.45) is 0 Å². The Kier molecular flexibility index (Phi) is 4.17. The first-order valence-electron chi connectivity index (χ1n) is 9.59. The van der Waals surface area contributed by atoms with Crippen LogP contribution >= 0.6 is 0 Å². The number of methoxy groups -OCH3 is 1. The minimum atomic E-state index is 0.0530. The molecule has 0 radical (unpaired) electrons. The first-order valence-corrected chi connectivity index (χ1v) is 9.59. The van der Waals surface area contributed by atoms with Gasteiger partial charge in [-0.15, -0.1) is 0 Å². The molecule has 0 spiro atoms. The van der Waals surface area contributed by atoms with Crippen molar-refractivity contribution >= 4 is 16.6 Å². The van der Waals surface area contributed by atoms with E-state index in [1.807, 2.05) is 6.07 Å². The van der Waals surface area contributed by atoms with Gasteiger partial charge in [-0.05, 0) is 53.8 Å². The van der Waals surface area contributed by atoms with Gasteiger partial charge in [-0.2, -0.15) is 0 Å². The first-order chi connectivity index (χ1) is 13.3. The number of anilines is 1. The van der Waals surface area contributed by atoms with Gasteiger partial charge < -0.3 is 14.4 Å². The van der Waals surface area contributed by atoms with Crippen molar-refractivity contribution in [3.63, 3.8) is 0 Å². The Hall–Kier alpha value is -2.66. The third kappa shape index (κ3) is 3.02. The molecule has 0 amide bonds. The molecule has 138 valence electrons. The number of ether oxygens (including phenoxy) is 2. The fourth-order valence-corrected chi connectivity index (χ4v) is 4.23.